The van der Waals surface area contributed by atoms with Crippen molar-refractivity contribution in [1.82, 2.24) is 0 Å². The van der Waals surface area contributed by atoms with Gasteiger partial charge in [0.2, 0.25) is 0 Å². The minimum Gasteiger partial charge on any atom is -0.478 e. The molecule has 0 spiro atoms. The smallest absolute Gasteiger partial charge is 0.335 e. The van der Waals surface area contributed by atoms with Crippen LogP contribution in [0.1, 0.15) is 11.1 Å². The number of hydrogen-bond donors (Lipinski definition) is 1. The highest BCUT2D eigenvalue weighted by Gasteiger charge is 2.11. The van der Waals surface area contributed by atoms with Crippen molar-refractivity contribution in [3.8, 4) is 0 Å². The third kappa shape index (κ3) is 1.97. The molecule has 0 aliphatic carbocycles. The second kappa shape index (κ2) is 4.26. The highest BCUT2D eigenvalue weighted by Crippen LogP contribution is 2.26. The minimum atomic E-state index is -1.00. The molecular formula is C15H12O2. The van der Waals surface area contributed by atoms with E-state index in [1.54, 1.807) is 12.1 Å². The Labute approximate surface area is 99.5 Å². The maximum atomic E-state index is 11.0. The number of hydrogen-bond acceptors (Lipinski definition) is 1. The van der Waals surface area contributed by atoms with Gasteiger partial charge in [-0.05, 0) is 34.0 Å². The Bertz CT molecular complexity index is 624. The van der Waals surface area contributed by atoms with Crippen LogP contribution in [-0.4, -0.2) is 11.1 Å². The number of aliphatic carboxylic acids is 1. The standard InChI is InChI=1S/C15H12O2/c1-3-11-8-12-6-4-5-7-13(12)14(9-11)10(2)15(16)17/h3-9H,1-2H2,(H,16,17). The molecule has 0 fully saturated rings. The van der Waals surface area contributed by atoms with E-state index in [9.17, 15) is 4.79 Å². The Morgan fingerprint density at radius 2 is 1.94 bits per heavy atom. The Morgan fingerprint density at radius 1 is 1.24 bits per heavy atom. The van der Waals surface area contributed by atoms with Gasteiger partial charge in [0.1, 0.15) is 0 Å². The third-order valence-electron chi connectivity index (χ3n) is 2.70. The second-order valence-electron chi connectivity index (χ2n) is 3.78. The molecule has 0 radical (unpaired) electrons. The second-order valence-corrected chi connectivity index (χ2v) is 3.78. The van der Waals surface area contributed by atoms with E-state index in [4.69, 9.17) is 5.11 Å². The fraction of sp³-hybridized carbons (Fsp3) is 0. The molecule has 0 bridgehead atoms. The molecular weight excluding hydrogens is 212 g/mol. The first-order valence-corrected chi connectivity index (χ1v) is 5.21. The Kier molecular flexibility index (Phi) is 2.79. The maximum Gasteiger partial charge on any atom is 0.335 e. The van der Waals surface area contributed by atoms with E-state index in [-0.39, 0.29) is 5.57 Å². The molecule has 2 nitrogen and oxygen atoms in total. The molecule has 17 heavy (non-hydrogen) atoms. The van der Waals surface area contributed by atoms with E-state index in [1.807, 2.05) is 30.3 Å². The van der Waals surface area contributed by atoms with Crippen LogP contribution in [-0.2, 0) is 4.79 Å². The molecule has 1 N–H and O–H groups in total. The summed E-state index contributed by atoms with van der Waals surface area (Å²) in [4.78, 5) is 11.0. The van der Waals surface area contributed by atoms with Gasteiger partial charge in [0.25, 0.3) is 0 Å². The van der Waals surface area contributed by atoms with Crippen LogP contribution in [0.15, 0.2) is 49.6 Å². The summed E-state index contributed by atoms with van der Waals surface area (Å²) in [5.41, 5.74) is 1.64. The average molecular weight is 224 g/mol. The monoisotopic (exact) mass is 224 g/mol. The zero-order chi connectivity index (χ0) is 12.4. The number of carbonyl (C=O) groups is 1. The molecule has 0 aromatic heterocycles. The molecule has 0 amide bonds. The summed E-state index contributed by atoms with van der Waals surface area (Å²) in [6.45, 7) is 7.32. The van der Waals surface area contributed by atoms with E-state index < -0.39 is 5.97 Å². The van der Waals surface area contributed by atoms with Crippen molar-refractivity contribution < 1.29 is 9.90 Å². The van der Waals surface area contributed by atoms with Crippen molar-refractivity contribution in [3.05, 3.63) is 60.7 Å². The summed E-state index contributed by atoms with van der Waals surface area (Å²) >= 11 is 0. The predicted octanol–water partition coefficient (Wildman–Crippen LogP) is 3.58. The Balaban J connectivity index is 2.79. The lowest BCUT2D eigenvalue weighted by molar-refractivity contribution is -0.130. The highest BCUT2D eigenvalue weighted by molar-refractivity contribution is 6.18. The van der Waals surface area contributed by atoms with Crippen LogP contribution in [0.4, 0.5) is 0 Å². The first-order chi connectivity index (χ1) is 8.13. The molecule has 2 rings (SSSR count). The number of fused-ring (bicyclic) bond motifs is 1. The van der Waals surface area contributed by atoms with Crippen molar-refractivity contribution >= 4 is 28.4 Å². The van der Waals surface area contributed by atoms with Crippen LogP contribution in [0.5, 0.6) is 0 Å². The van der Waals surface area contributed by atoms with Crippen molar-refractivity contribution in [2.24, 2.45) is 0 Å². The first-order valence-electron chi connectivity index (χ1n) is 5.21. The molecule has 2 aromatic rings. The number of carboxylic acids is 1. The van der Waals surface area contributed by atoms with Crippen molar-refractivity contribution in [3.63, 3.8) is 0 Å². The largest absolute Gasteiger partial charge is 0.478 e. The van der Waals surface area contributed by atoms with Gasteiger partial charge in [0.05, 0.1) is 5.57 Å². The molecule has 0 unspecified atom stereocenters. The normalized spacial score (nSPS) is 10.1. The Morgan fingerprint density at radius 3 is 2.59 bits per heavy atom. The van der Waals surface area contributed by atoms with Gasteiger partial charge in [0, 0.05) is 0 Å². The van der Waals surface area contributed by atoms with Gasteiger partial charge in [-0.2, -0.15) is 0 Å². The van der Waals surface area contributed by atoms with E-state index in [1.165, 1.54) is 0 Å². The van der Waals surface area contributed by atoms with Gasteiger partial charge >= 0.3 is 5.97 Å². The van der Waals surface area contributed by atoms with Crippen molar-refractivity contribution in [2.45, 2.75) is 0 Å². The van der Waals surface area contributed by atoms with Crippen LogP contribution >= 0.6 is 0 Å². The molecule has 2 aromatic carbocycles. The van der Waals surface area contributed by atoms with E-state index in [2.05, 4.69) is 13.2 Å². The van der Waals surface area contributed by atoms with Crippen LogP contribution < -0.4 is 0 Å². The molecule has 0 atom stereocenters. The molecule has 0 aliphatic rings. The van der Waals surface area contributed by atoms with Crippen molar-refractivity contribution in [2.75, 3.05) is 0 Å². The predicted molar refractivity (Wildman–Crippen MR) is 70.7 cm³/mol. The van der Waals surface area contributed by atoms with E-state index >= 15 is 0 Å². The zero-order valence-electron chi connectivity index (χ0n) is 9.31. The van der Waals surface area contributed by atoms with E-state index in [0.717, 1.165) is 16.3 Å². The molecule has 0 heterocycles. The maximum absolute atomic E-state index is 11.0. The molecule has 84 valence electrons. The van der Waals surface area contributed by atoms with Crippen LogP contribution in [0.25, 0.3) is 22.4 Å². The Hall–Kier alpha value is -2.35. The van der Waals surface area contributed by atoms with Crippen LogP contribution in [0, 0.1) is 0 Å². The molecule has 2 heteroatoms. The van der Waals surface area contributed by atoms with Crippen molar-refractivity contribution in [1.29, 1.82) is 0 Å². The topological polar surface area (TPSA) is 37.3 Å². The summed E-state index contributed by atoms with van der Waals surface area (Å²) in [5, 5.41) is 10.9. The lowest BCUT2D eigenvalue weighted by Crippen LogP contribution is -1.99. The molecule has 0 saturated carbocycles. The SMILES string of the molecule is C=Cc1cc(C(=C)C(=O)O)c2ccccc2c1. The van der Waals surface area contributed by atoms with E-state index in [0.29, 0.717) is 5.56 Å². The highest BCUT2D eigenvalue weighted by atomic mass is 16.4. The lowest BCUT2D eigenvalue weighted by atomic mass is 9.96. The quantitative estimate of drug-likeness (QED) is 0.809. The van der Waals surface area contributed by atoms with Gasteiger partial charge in [-0.1, -0.05) is 43.5 Å². The summed E-state index contributed by atoms with van der Waals surface area (Å²) < 4.78 is 0. The lowest BCUT2D eigenvalue weighted by Gasteiger charge is -2.08. The molecule has 0 aliphatic heterocycles. The first kappa shape index (κ1) is 11.1. The minimum absolute atomic E-state index is 0.102. The van der Waals surface area contributed by atoms with Gasteiger partial charge < -0.3 is 5.11 Å². The zero-order valence-corrected chi connectivity index (χ0v) is 9.31. The van der Waals surface area contributed by atoms with Crippen LogP contribution in [0.3, 0.4) is 0 Å². The van der Waals surface area contributed by atoms with Gasteiger partial charge in [-0.25, -0.2) is 4.79 Å². The number of benzene rings is 2. The number of carboxylic acid groups (broad SMARTS) is 1. The fourth-order valence-corrected chi connectivity index (χ4v) is 1.82. The van der Waals surface area contributed by atoms with Crippen LogP contribution in [0.2, 0.25) is 0 Å². The van der Waals surface area contributed by atoms with Gasteiger partial charge in [-0.15, -0.1) is 0 Å². The third-order valence-corrected chi connectivity index (χ3v) is 2.70. The van der Waals surface area contributed by atoms with Gasteiger partial charge in [-0.3, -0.25) is 0 Å². The average Bonchev–Trinajstić information content (AvgIpc) is 2.36. The summed E-state index contributed by atoms with van der Waals surface area (Å²) in [7, 11) is 0. The van der Waals surface area contributed by atoms with Gasteiger partial charge in [0.15, 0.2) is 0 Å². The summed E-state index contributed by atoms with van der Waals surface area (Å²) in [5.74, 6) is -1.00. The fourth-order valence-electron chi connectivity index (χ4n) is 1.82. The molecule has 0 saturated heterocycles. The summed E-state index contributed by atoms with van der Waals surface area (Å²) in [6.07, 6.45) is 1.70. The summed E-state index contributed by atoms with van der Waals surface area (Å²) in [6, 6.07) is 11.4. The number of rotatable bonds is 3.